The summed E-state index contributed by atoms with van der Waals surface area (Å²) in [4.78, 5) is 13.2. The summed E-state index contributed by atoms with van der Waals surface area (Å²) in [6.07, 6.45) is 0.610. The van der Waals surface area contributed by atoms with Gasteiger partial charge in [-0.3, -0.25) is 4.79 Å². The van der Waals surface area contributed by atoms with Gasteiger partial charge in [-0.05, 0) is 28.4 Å². The SMILES string of the molecule is CN1CCC(Nc2c(F)cc(F)cc2Br)C1=O. The summed E-state index contributed by atoms with van der Waals surface area (Å²) in [7, 11) is 1.69. The van der Waals surface area contributed by atoms with Gasteiger partial charge in [0.2, 0.25) is 5.91 Å². The number of benzene rings is 1. The Bertz CT molecular complexity index is 444. The average Bonchev–Trinajstić information content (AvgIpc) is 2.54. The minimum Gasteiger partial charge on any atom is -0.370 e. The standard InChI is InChI=1S/C11H11BrF2N2O/c1-16-3-2-9(11(16)17)15-10-7(12)4-6(13)5-8(10)14/h4-5,9,15H,2-3H2,1H3. The van der Waals surface area contributed by atoms with E-state index in [1.807, 2.05) is 0 Å². The lowest BCUT2D eigenvalue weighted by atomic mass is 10.2. The minimum atomic E-state index is -0.709. The van der Waals surface area contributed by atoms with E-state index in [4.69, 9.17) is 0 Å². The number of likely N-dealkylation sites (tertiary alicyclic amines) is 1. The summed E-state index contributed by atoms with van der Waals surface area (Å²) >= 11 is 3.07. The Hall–Kier alpha value is -1.17. The second-order valence-electron chi connectivity index (χ2n) is 3.99. The van der Waals surface area contributed by atoms with Crippen LogP contribution < -0.4 is 5.32 Å². The molecule has 1 N–H and O–H groups in total. The number of nitrogens with one attached hydrogen (secondary N) is 1. The molecule has 1 fully saturated rings. The van der Waals surface area contributed by atoms with Crippen LogP contribution in [0.25, 0.3) is 0 Å². The highest BCUT2D eigenvalue weighted by molar-refractivity contribution is 9.10. The summed E-state index contributed by atoms with van der Waals surface area (Å²) in [6.45, 7) is 0.636. The molecule has 1 aliphatic heterocycles. The Kier molecular flexibility index (Phi) is 3.33. The quantitative estimate of drug-likeness (QED) is 0.910. The van der Waals surface area contributed by atoms with Crippen molar-refractivity contribution in [3.05, 3.63) is 28.2 Å². The molecule has 1 aliphatic rings. The Morgan fingerprint density at radius 2 is 2.18 bits per heavy atom. The molecule has 1 aromatic carbocycles. The molecule has 2 rings (SSSR count). The third kappa shape index (κ3) is 2.41. The summed E-state index contributed by atoms with van der Waals surface area (Å²) in [5.41, 5.74) is 0.125. The second kappa shape index (κ2) is 4.60. The fraction of sp³-hybridized carbons (Fsp3) is 0.364. The third-order valence-electron chi connectivity index (χ3n) is 2.75. The van der Waals surface area contributed by atoms with Crippen molar-refractivity contribution >= 4 is 27.5 Å². The second-order valence-corrected chi connectivity index (χ2v) is 4.84. The van der Waals surface area contributed by atoms with Crippen molar-refractivity contribution in [2.45, 2.75) is 12.5 Å². The van der Waals surface area contributed by atoms with Crippen LogP contribution in [0.15, 0.2) is 16.6 Å². The van der Waals surface area contributed by atoms with Crippen molar-refractivity contribution in [1.82, 2.24) is 4.90 Å². The van der Waals surface area contributed by atoms with Crippen LogP contribution in [0.5, 0.6) is 0 Å². The highest BCUT2D eigenvalue weighted by Crippen LogP contribution is 2.28. The molecule has 1 heterocycles. The normalized spacial score (nSPS) is 19.9. The number of hydrogen-bond acceptors (Lipinski definition) is 2. The monoisotopic (exact) mass is 304 g/mol. The number of nitrogens with zero attached hydrogens (tertiary/aromatic N) is 1. The summed E-state index contributed by atoms with van der Waals surface area (Å²) in [5, 5.41) is 2.81. The molecule has 0 bridgehead atoms. The van der Waals surface area contributed by atoms with Crippen LogP contribution in [0.4, 0.5) is 14.5 Å². The van der Waals surface area contributed by atoms with Crippen molar-refractivity contribution in [3.63, 3.8) is 0 Å². The smallest absolute Gasteiger partial charge is 0.244 e. The largest absolute Gasteiger partial charge is 0.370 e. The Morgan fingerprint density at radius 3 is 2.71 bits per heavy atom. The predicted molar refractivity (Wildman–Crippen MR) is 63.7 cm³/mol. The molecule has 6 heteroatoms. The van der Waals surface area contributed by atoms with Crippen molar-refractivity contribution < 1.29 is 13.6 Å². The number of carbonyl (C=O) groups excluding carboxylic acids is 1. The van der Waals surface area contributed by atoms with E-state index in [9.17, 15) is 13.6 Å². The van der Waals surface area contributed by atoms with Gasteiger partial charge in [0.1, 0.15) is 17.7 Å². The molecule has 1 aromatic rings. The van der Waals surface area contributed by atoms with Crippen molar-refractivity contribution in [2.75, 3.05) is 18.9 Å². The van der Waals surface area contributed by atoms with Crippen LogP contribution in [0, 0.1) is 11.6 Å². The van der Waals surface area contributed by atoms with E-state index in [2.05, 4.69) is 21.2 Å². The molecule has 0 saturated carbocycles. The van der Waals surface area contributed by atoms with E-state index in [-0.39, 0.29) is 16.1 Å². The predicted octanol–water partition coefficient (Wildman–Crippen LogP) is 2.37. The van der Waals surface area contributed by atoms with E-state index in [0.29, 0.717) is 13.0 Å². The maximum atomic E-state index is 13.5. The molecule has 1 saturated heterocycles. The highest BCUT2D eigenvalue weighted by Gasteiger charge is 2.30. The van der Waals surface area contributed by atoms with Gasteiger partial charge in [0, 0.05) is 24.1 Å². The Labute approximate surface area is 106 Å². The molecular weight excluding hydrogens is 294 g/mol. The molecule has 3 nitrogen and oxygen atoms in total. The van der Waals surface area contributed by atoms with Gasteiger partial charge in [0.25, 0.3) is 0 Å². The molecule has 1 atom stereocenters. The molecule has 17 heavy (non-hydrogen) atoms. The summed E-state index contributed by atoms with van der Waals surface area (Å²) < 4.78 is 26.7. The van der Waals surface area contributed by atoms with E-state index >= 15 is 0 Å². The lowest BCUT2D eigenvalue weighted by molar-refractivity contribution is -0.127. The van der Waals surface area contributed by atoms with Crippen LogP contribution in [-0.4, -0.2) is 30.4 Å². The Balaban J connectivity index is 2.22. The van der Waals surface area contributed by atoms with Crippen molar-refractivity contribution in [2.24, 2.45) is 0 Å². The number of anilines is 1. The summed E-state index contributed by atoms with van der Waals surface area (Å²) in [6, 6.07) is 1.50. The highest BCUT2D eigenvalue weighted by atomic mass is 79.9. The first kappa shape index (κ1) is 12.3. The van der Waals surface area contributed by atoms with Gasteiger partial charge in [-0.15, -0.1) is 0 Å². The number of hydrogen-bond donors (Lipinski definition) is 1. The topological polar surface area (TPSA) is 32.3 Å². The fourth-order valence-electron chi connectivity index (χ4n) is 1.81. The molecule has 1 amide bonds. The molecule has 0 aromatic heterocycles. The first-order valence-corrected chi connectivity index (χ1v) is 5.94. The summed E-state index contributed by atoms with van der Waals surface area (Å²) in [5.74, 6) is -1.45. The van der Waals surface area contributed by atoms with Crippen LogP contribution >= 0.6 is 15.9 Å². The van der Waals surface area contributed by atoms with Crippen molar-refractivity contribution in [3.8, 4) is 0 Å². The first-order valence-electron chi connectivity index (χ1n) is 5.15. The van der Waals surface area contributed by atoms with Gasteiger partial charge >= 0.3 is 0 Å². The first-order chi connectivity index (χ1) is 7.99. The zero-order chi connectivity index (χ0) is 12.6. The number of halogens is 3. The molecular formula is C11H11BrF2N2O. The lowest BCUT2D eigenvalue weighted by Crippen LogP contribution is -2.31. The molecule has 92 valence electrons. The van der Waals surface area contributed by atoms with Gasteiger partial charge in [-0.25, -0.2) is 8.78 Å². The molecule has 0 radical (unpaired) electrons. The van der Waals surface area contributed by atoms with E-state index in [0.717, 1.165) is 12.1 Å². The van der Waals surface area contributed by atoms with Gasteiger partial charge in [0.15, 0.2) is 0 Å². The van der Waals surface area contributed by atoms with Gasteiger partial charge in [0.05, 0.1) is 5.69 Å². The average molecular weight is 305 g/mol. The van der Waals surface area contributed by atoms with E-state index in [1.54, 1.807) is 11.9 Å². The lowest BCUT2D eigenvalue weighted by Gasteiger charge is -2.15. The molecule has 0 spiro atoms. The third-order valence-corrected chi connectivity index (χ3v) is 3.38. The molecule has 1 unspecified atom stereocenters. The van der Waals surface area contributed by atoms with Gasteiger partial charge in [-0.1, -0.05) is 0 Å². The van der Waals surface area contributed by atoms with Crippen LogP contribution in [0.1, 0.15) is 6.42 Å². The molecule has 0 aliphatic carbocycles. The zero-order valence-electron chi connectivity index (χ0n) is 9.14. The number of likely N-dealkylation sites (N-methyl/N-ethyl adjacent to an activating group) is 1. The zero-order valence-corrected chi connectivity index (χ0v) is 10.7. The number of rotatable bonds is 2. The maximum absolute atomic E-state index is 13.5. The van der Waals surface area contributed by atoms with Crippen LogP contribution in [0.2, 0.25) is 0 Å². The van der Waals surface area contributed by atoms with Gasteiger partial charge < -0.3 is 10.2 Å². The van der Waals surface area contributed by atoms with Crippen LogP contribution in [0.3, 0.4) is 0 Å². The van der Waals surface area contributed by atoms with Crippen molar-refractivity contribution in [1.29, 1.82) is 0 Å². The van der Waals surface area contributed by atoms with Crippen LogP contribution in [-0.2, 0) is 4.79 Å². The van der Waals surface area contributed by atoms with E-state index < -0.39 is 17.7 Å². The fourth-order valence-corrected chi connectivity index (χ4v) is 2.33. The number of amides is 1. The number of carbonyl (C=O) groups is 1. The Morgan fingerprint density at radius 1 is 1.47 bits per heavy atom. The van der Waals surface area contributed by atoms with E-state index in [1.165, 1.54) is 0 Å². The van der Waals surface area contributed by atoms with Gasteiger partial charge in [-0.2, -0.15) is 0 Å². The maximum Gasteiger partial charge on any atom is 0.244 e. The minimum absolute atomic E-state index is 0.0828.